The highest BCUT2D eigenvalue weighted by Gasteiger charge is 2.39. The molecule has 4 rings (SSSR count). The van der Waals surface area contributed by atoms with Crippen LogP contribution in [-0.2, 0) is 11.0 Å². The molecule has 1 saturated carbocycles. The van der Waals surface area contributed by atoms with Crippen LogP contribution in [0.1, 0.15) is 60.2 Å². The second-order valence-electron chi connectivity index (χ2n) is 8.38. The van der Waals surface area contributed by atoms with Crippen LogP contribution in [0.15, 0.2) is 16.5 Å². The van der Waals surface area contributed by atoms with Gasteiger partial charge in [-0.2, -0.15) is 13.2 Å². The summed E-state index contributed by atoms with van der Waals surface area (Å²) in [6.45, 7) is 3.14. The molecule has 0 unspecified atom stereocenters. The predicted octanol–water partition coefficient (Wildman–Crippen LogP) is 5.31. The van der Waals surface area contributed by atoms with Gasteiger partial charge in [-0.05, 0) is 56.2 Å². The van der Waals surface area contributed by atoms with Crippen LogP contribution in [0.25, 0.3) is 11.0 Å². The number of halogens is 4. The molecule has 0 spiro atoms. The molecule has 168 valence electrons. The molecular weight excluding hydrogens is 433 g/mol. The van der Waals surface area contributed by atoms with Crippen LogP contribution < -0.4 is 0 Å². The highest BCUT2D eigenvalue weighted by molar-refractivity contribution is 6.38. The van der Waals surface area contributed by atoms with Gasteiger partial charge < -0.3 is 14.2 Å². The highest BCUT2D eigenvalue weighted by Crippen LogP contribution is 2.47. The highest BCUT2D eigenvalue weighted by atomic mass is 35.5. The predicted molar refractivity (Wildman–Crippen MR) is 110 cm³/mol. The number of furan rings is 1. The Hall–Kier alpha value is -2.22. The molecule has 0 radical (unpaired) electrons. The fourth-order valence-corrected chi connectivity index (χ4v) is 4.39. The SMILES string of the molecule is CCN(C)C(=O)C1CCN(C(=O)c2oc3c(C(F)(F)F)cc(C4CC4)cc3c2Cl)CC1. The molecule has 0 atom stereocenters. The number of alkyl halides is 3. The molecule has 31 heavy (non-hydrogen) atoms. The zero-order valence-electron chi connectivity index (χ0n) is 17.4. The third-order valence-electron chi connectivity index (χ3n) is 6.28. The molecule has 1 aromatic carbocycles. The first-order valence-corrected chi connectivity index (χ1v) is 10.9. The van der Waals surface area contributed by atoms with E-state index < -0.39 is 23.2 Å². The summed E-state index contributed by atoms with van der Waals surface area (Å²) in [7, 11) is 1.74. The zero-order valence-corrected chi connectivity index (χ0v) is 18.1. The van der Waals surface area contributed by atoms with Crippen LogP contribution in [0, 0.1) is 5.92 Å². The maximum absolute atomic E-state index is 13.7. The Bertz CT molecular complexity index is 1020. The number of carbonyl (C=O) groups is 2. The van der Waals surface area contributed by atoms with Crippen molar-refractivity contribution in [3.8, 4) is 0 Å². The van der Waals surface area contributed by atoms with E-state index in [4.69, 9.17) is 16.0 Å². The van der Waals surface area contributed by atoms with Crippen molar-refractivity contribution in [3.63, 3.8) is 0 Å². The van der Waals surface area contributed by atoms with Gasteiger partial charge in [-0.1, -0.05) is 11.6 Å². The summed E-state index contributed by atoms with van der Waals surface area (Å²) >= 11 is 6.36. The van der Waals surface area contributed by atoms with Gasteiger partial charge in [-0.25, -0.2) is 0 Å². The number of fused-ring (bicyclic) bond motifs is 1. The summed E-state index contributed by atoms with van der Waals surface area (Å²) in [4.78, 5) is 28.5. The Morgan fingerprint density at radius 2 is 1.84 bits per heavy atom. The number of benzene rings is 1. The first kappa shape index (κ1) is 22.0. The summed E-state index contributed by atoms with van der Waals surface area (Å²) in [6, 6.07) is 2.71. The van der Waals surface area contributed by atoms with Crippen molar-refractivity contribution in [1.82, 2.24) is 9.80 Å². The first-order chi connectivity index (χ1) is 14.6. The van der Waals surface area contributed by atoms with Crippen LogP contribution in [0.4, 0.5) is 13.2 Å². The molecule has 0 N–H and O–H groups in total. The monoisotopic (exact) mass is 456 g/mol. The average Bonchev–Trinajstić information content (AvgIpc) is 3.55. The summed E-state index contributed by atoms with van der Waals surface area (Å²) in [5, 5.41) is 0.0355. The van der Waals surface area contributed by atoms with Gasteiger partial charge in [-0.15, -0.1) is 0 Å². The van der Waals surface area contributed by atoms with Crippen molar-refractivity contribution < 1.29 is 27.2 Å². The van der Waals surface area contributed by atoms with E-state index in [0.29, 0.717) is 38.0 Å². The summed E-state index contributed by atoms with van der Waals surface area (Å²) in [5.74, 6) is -0.854. The number of amides is 2. The summed E-state index contributed by atoms with van der Waals surface area (Å²) < 4.78 is 46.4. The van der Waals surface area contributed by atoms with E-state index in [1.807, 2.05) is 6.92 Å². The van der Waals surface area contributed by atoms with Crippen molar-refractivity contribution >= 4 is 34.4 Å². The van der Waals surface area contributed by atoms with E-state index in [9.17, 15) is 22.8 Å². The minimum Gasteiger partial charge on any atom is -0.449 e. The molecule has 1 aliphatic heterocycles. The lowest BCUT2D eigenvalue weighted by atomic mass is 9.95. The molecule has 1 aromatic heterocycles. The third kappa shape index (κ3) is 4.14. The molecule has 0 bridgehead atoms. The van der Waals surface area contributed by atoms with E-state index in [-0.39, 0.29) is 33.9 Å². The standard InChI is InChI=1S/C22H24ClF3N2O3/c1-3-27(2)20(29)13-6-8-28(9-7-13)21(30)19-17(23)15-10-14(12-4-5-12)11-16(18(15)31-19)22(24,25)26/h10-13H,3-9H2,1-2H3. The summed E-state index contributed by atoms with van der Waals surface area (Å²) in [6.07, 6.45) is -1.96. The van der Waals surface area contributed by atoms with Gasteiger partial charge in [0.1, 0.15) is 5.58 Å². The molecular formula is C22H24ClF3N2O3. The zero-order chi connectivity index (χ0) is 22.5. The molecule has 1 aliphatic carbocycles. The van der Waals surface area contributed by atoms with Crippen molar-refractivity contribution in [2.24, 2.45) is 5.92 Å². The molecule has 2 aromatic rings. The second kappa shape index (κ2) is 8.04. The second-order valence-corrected chi connectivity index (χ2v) is 8.76. The Morgan fingerprint density at radius 3 is 2.39 bits per heavy atom. The van der Waals surface area contributed by atoms with Gasteiger partial charge in [0.25, 0.3) is 5.91 Å². The molecule has 2 fully saturated rings. The van der Waals surface area contributed by atoms with Crippen LogP contribution in [-0.4, -0.2) is 48.3 Å². The molecule has 2 heterocycles. The lowest BCUT2D eigenvalue weighted by Crippen LogP contribution is -2.43. The number of carbonyl (C=O) groups excluding carboxylic acids is 2. The number of piperidine rings is 1. The Labute approximate surface area is 183 Å². The van der Waals surface area contributed by atoms with E-state index in [0.717, 1.165) is 18.9 Å². The van der Waals surface area contributed by atoms with Crippen LogP contribution in [0.3, 0.4) is 0 Å². The smallest absolute Gasteiger partial charge is 0.420 e. The molecule has 5 nitrogen and oxygen atoms in total. The minimum atomic E-state index is -4.62. The first-order valence-electron chi connectivity index (χ1n) is 10.5. The lowest BCUT2D eigenvalue weighted by Gasteiger charge is -2.32. The number of hydrogen-bond donors (Lipinski definition) is 0. The lowest BCUT2D eigenvalue weighted by molar-refractivity contribution is -0.137. The van der Waals surface area contributed by atoms with Crippen molar-refractivity contribution in [3.05, 3.63) is 34.0 Å². The molecule has 1 saturated heterocycles. The quantitative estimate of drug-likeness (QED) is 0.626. The van der Waals surface area contributed by atoms with Gasteiger partial charge in [0.2, 0.25) is 11.7 Å². The molecule has 9 heteroatoms. The maximum Gasteiger partial charge on any atom is 0.420 e. The van der Waals surface area contributed by atoms with Crippen LogP contribution in [0.2, 0.25) is 5.02 Å². The van der Waals surface area contributed by atoms with Crippen LogP contribution in [0.5, 0.6) is 0 Å². The normalized spacial score (nSPS) is 17.9. The van der Waals surface area contributed by atoms with E-state index in [1.54, 1.807) is 18.0 Å². The fourth-order valence-electron chi connectivity index (χ4n) is 4.13. The Morgan fingerprint density at radius 1 is 1.19 bits per heavy atom. The van der Waals surface area contributed by atoms with Gasteiger partial charge in [-0.3, -0.25) is 9.59 Å². The van der Waals surface area contributed by atoms with E-state index >= 15 is 0 Å². The topological polar surface area (TPSA) is 53.8 Å². The van der Waals surface area contributed by atoms with Gasteiger partial charge >= 0.3 is 6.18 Å². The number of rotatable bonds is 4. The molecule has 2 amide bonds. The number of likely N-dealkylation sites (tertiary alicyclic amines) is 1. The van der Waals surface area contributed by atoms with Crippen molar-refractivity contribution in [2.45, 2.75) is 44.7 Å². The third-order valence-corrected chi connectivity index (χ3v) is 6.66. The average molecular weight is 457 g/mol. The van der Waals surface area contributed by atoms with E-state index in [1.165, 1.54) is 4.90 Å². The molecule has 2 aliphatic rings. The van der Waals surface area contributed by atoms with Gasteiger partial charge in [0, 0.05) is 38.0 Å². The van der Waals surface area contributed by atoms with Crippen LogP contribution >= 0.6 is 11.6 Å². The fraction of sp³-hybridized carbons (Fsp3) is 0.545. The van der Waals surface area contributed by atoms with Crippen molar-refractivity contribution in [2.75, 3.05) is 26.7 Å². The number of nitrogens with zero attached hydrogens (tertiary/aromatic N) is 2. The minimum absolute atomic E-state index is 0.0405. The Balaban J connectivity index is 1.61. The van der Waals surface area contributed by atoms with E-state index in [2.05, 4.69) is 0 Å². The number of hydrogen-bond acceptors (Lipinski definition) is 3. The summed E-state index contributed by atoms with van der Waals surface area (Å²) in [5.41, 5.74) is -0.736. The van der Waals surface area contributed by atoms with Crippen molar-refractivity contribution in [1.29, 1.82) is 0 Å². The Kier molecular flexibility index (Phi) is 5.70. The van der Waals surface area contributed by atoms with Gasteiger partial charge in [0.15, 0.2) is 0 Å². The van der Waals surface area contributed by atoms with Gasteiger partial charge in [0.05, 0.1) is 10.6 Å². The maximum atomic E-state index is 13.7. The largest absolute Gasteiger partial charge is 0.449 e.